The Balaban J connectivity index is 1.25. The third-order valence-corrected chi connectivity index (χ3v) is 17.4. The standard InChI is InChI=1S/C64H62F4N8/c65-45-33-17-13-29-41(45)53-49(37-21-5-1-6-22-37)57-69-61(53)74-58-51(39-25-9-3-10-26-39)55(43-31-15-19-35-47(43)67)63(71-58)76-60-52(40-27-11-4-12-28-40)56(44-32-16-20-36-48(44)68)64(72-60)75-59-50(38-23-7-2-8-24-38)54(62(70-59)73-57)42-30-14-18-34-46(42)66/h13-20,29-40H,1-12,21-28H2,(H2,69,70,71,72,73,74,75,76). The Hall–Kier alpha value is -7.08. The Labute approximate surface area is 440 Å². The number of nitrogens with one attached hydrogen (secondary N) is 2. The second-order valence-corrected chi connectivity index (χ2v) is 22.0. The molecule has 7 aromatic rings. The van der Waals surface area contributed by atoms with Crippen molar-refractivity contribution in [2.45, 2.75) is 140 Å². The summed E-state index contributed by atoms with van der Waals surface area (Å²) in [5.41, 5.74) is 8.72. The van der Waals surface area contributed by atoms with Crippen LogP contribution in [0, 0.1) is 35.1 Å². The molecule has 386 valence electrons. The van der Waals surface area contributed by atoms with Crippen LogP contribution in [0.4, 0.5) is 17.6 Å². The van der Waals surface area contributed by atoms with Crippen LogP contribution in [0.1, 0.15) is 186 Å². The molecule has 0 saturated heterocycles. The van der Waals surface area contributed by atoms with Crippen molar-refractivity contribution in [1.29, 1.82) is 0 Å². The fraction of sp³-hybridized carbons (Fsp3) is 0.375. The molecule has 4 aromatic carbocycles. The first-order chi connectivity index (χ1) is 37.4. The van der Waals surface area contributed by atoms with E-state index in [-0.39, 0.29) is 35.3 Å². The number of nitrogens with zero attached hydrogens (tertiary/aromatic N) is 6. The van der Waals surface area contributed by atoms with Crippen molar-refractivity contribution < 1.29 is 17.6 Å². The first kappa shape index (κ1) is 48.6. The molecule has 4 saturated carbocycles. The van der Waals surface area contributed by atoms with Gasteiger partial charge in [0, 0.05) is 66.8 Å². The quantitative estimate of drug-likeness (QED) is 0.147. The largest absolute Gasteiger partial charge is 0.324 e. The van der Waals surface area contributed by atoms with Crippen molar-refractivity contribution in [3.05, 3.63) is 166 Å². The highest BCUT2D eigenvalue weighted by Gasteiger charge is 2.37. The summed E-state index contributed by atoms with van der Waals surface area (Å²) >= 11 is 0. The predicted octanol–water partition coefficient (Wildman–Crippen LogP) is 17.0. The van der Waals surface area contributed by atoms with Crippen molar-refractivity contribution in [3.8, 4) is 22.3 Å². The highest BCUT2D eigenvalue weighted by atomic mass is 19.1. The molecule has 0 unspecified atom stereocenters. The number of aromatic amines is 2. The van der Waals surface area contributed by atoms with Gasteiger partial charge in [-0.3, -0.25) is 0 Å². The minimum atomic E-state index is -0.408. The van der Waals surface area contributed by atoms with E-state index in [1.165, 1.54) is 24.3 Å². The smallest absolute Gasteiger partial charge is 0.165 e. The Morgan fingerprint density at radius 2 is 0.592 bits per heavy atom. The number of aromatic nitrogens is 8. The van der Waals surface area contributed by atoms with Gasteiger partial charge in [-0.15, -0.1) is 0 Å². The zero-order valence-corrected chi connectivity index (χ0v) is 42.9. The fourth-order valence-corrected chi connectivity index (χ4v) is 13.8. The van der Waals surface area contributed by atoms with Crippen LogP contribution < -0.4 is 0 Å². The van der Waals surface area contributed by atoms with E-state index in [0.29, 0.717) is 78.8 Å². The van der Waals surface area contributed by atoms with Crippen molar-refractivity contribution in [2.75, 3.05) is 0 Å². The molecule has 4 aliphatic carbocycles. The molecule has 2 N–H and O–H groups in total. The molecule has 8 nitrogen and oxygen atoms in total. The monoisotopic (exact) mass is 1020 g/mol. The van der Waals surface area contributed by atoms with Gasteiger partial charge in [0.25, 0.3) is 0 Å². The molecule has 5 heterocycles. The highest BCUT2D eigenvalue weighted by molar-refractivity contribution is 6.02. The third kappa shape index (κ3) is 8.88. The van der Waals surface area contributed by atoms with Gasteiger partial charge in [-0.05, 0) is 99.3 Å². The van der Waals surface area contributed by atoms with Crippen LogP contribution in [-0.4, -0.2) is 39.9 Å². The number of halogens is 4. The zero-order valence-electron chi connectivity index (χ0n) is 42.9. The first-order valence-corrected chi connectivity index (χ1v) is 28.2. The van der Waals surface area contributed by atoms with Crippen molar-refractivity contribution in [3.63, 3.8) is 0 Å². The van der Waals surface area contributed by atoms with Crippen molar-refractivity contribution in [2.24, 2.45) is 11.8 Å². The maximum atomic E-state index is 16.8. The van der Waals surface area contributed by atoms with Crippen LogP contribution in [0.15, 0.2) is 97.1 Å². The van der Waals surface area contributed by atoms with Crippen LogP contribution in [-0.2, 0) is 0 Å². The molecule has 3 aromatic heterocycles. The van der Waals surface area contributed by atoms with E-state index in [4.69, 9.17) is 29.9 Å². The Morgan fingerprint density at radius 3 is 0.921 bits per heavy atom. The summed E-state index contributed by atoms with van der Waals surface area (Å²) in [6.45, 7) is 0. The summed E-state index contributed by atoms with van der Waals surface area (Å²) in [4.78, 5) is 40.5. The van der Waals surface area contributed by atoms with Gasteiger partial charge in [0.05, 0.1) is 0 Å². The van der Waals surface area contributed by atoms with E-state index in [1.54, 1.807) is 48.5 Å². The van der Waals surface area contributed by atoms with Crippen LogP contribution >= 0.6 is 0 Å². The van der Waals surface area contributed by atoms with Gasteiger partial charge in [0.15, 0.2) is 23.3 Å². The zero-order chi connectivity index (χ0) is 51.3. The average Bonchev–Trinajstić information content (AvgIpc) is 4.23. The van der Waals surface area contributed by atoms with Gasteiger partial charge in [0.2, 0.25) is 0 Å². The number of hydrogen-bond acceptors (Lipinski definition) is 6. The molecule has 76 heavy (non-hydrogen) atoms. The lowest BCUT2D eigenvalue weighted by Gasteiger charge is -2.24. The number of benzene rings is 4. The summed E-state index contributed by atoms with van der Waals surface area (Å²) in [6, 6.07) is 27.2. The number of fused-ring (bicyclic) bond motifs is 8. The minimum Gasteiger partial charge on any atom is -0.324 e. The fourth-order valence-electron chi connectivity index (χ4n) is 13.8. The van der Waals surface area contributed by atoms with E-state index in [9.17, 15) is 0 Å². The molecule has 13 rings (SSSR count). The second kappa shape index (κ2) is 20.8. The summed E-state index contributed by atoms with van der Waals surface area (Å²) in [5, 5.41) is 0. The maximum absolute atomic E-state index is 16.8. The Morgan fingerprint density at radius 1 is 0.303 bits per heavy atom. The van der Waals surface area contributed by atoms with Crippen LogP contribution in [0.3, 0.4) is 0 Å². The molecule has 4 fully saturated rings. The van der Waals surface area contributed by atoms with Crippen LogP contribution in [0.2, 0.25) is 0 Å². The minimum absolute atomic E-state index is 0.0261. The number of allylic oxidation sites excluding steroid dienone is 2. The van der Waals surface area contributed by atoms with Gasteiger partial charge in [-0.1, -0.05) is 150 Å². The maximum Gasteiger partial charge on any atom is 0.165 e. The molecule has 0 spiro atoms. The van der Waals surface area contributed by atoms with Crippen LogP contribution in [0.25, 0.3) is 67.1 Å². The Kier molecular flexibility index (Phi) is 13.3. The topological polar surface area (TPSA) is 109 Å². The number of rotatable bonds is 8. The lowest BCUT2D eigenvalue weighted by molar-refractivity contribution is 0.429. The summed E-state index contributed by atoms with van der Waals surface area (Å²) in [7, 11) is 0. The van der Waals surface area contributed by atoms with Crippen molar-refractivity contribution in [1.82, 2.24) is 39.9 Å². The second-order valence-electron chi connectivity index (χ2n) is 22.0. The molecule has 0 atom stereocenters. The van der Waals surface area contributed by atoms with Crippen molar-refractivity contribution >= 4 is 44.9 Å². The highest BCUT2D eigenvalue weighted by Crippen LogP contribution is 2.50. The molecule has 0 radical (unpaired) electrons. The molecule has 8 bridgehead atoms. The van der Waals surface area contributed by atoms with E-state index in [0.717, 1.165) is 151 Å². The van der Waals surface area contributed by atoms with Gasteiger partial charge in [-0.25, -0.2) is 47.5 Å². The number of H-pyrrole nitrogens is 2. The normalized spacial score (nSPS) is 18.5. The SMILES string of the molecule is Fc1ccccc1C1=C(C2CCCCC2)c2nc1nc1[nH]c(nc3nc(nc4[nH]c(n2)c(-c2ccccc2F)c4C2CCCCC2)C(c2ccccc2F)=C3C2CCCCC2)c(-c2ccccc2F)c1C1CCCCC1. The molecular weight excluding hydrogens is 957 g/mol. The molecule has 12 heteroatoms. The van der Waals surface area contributed by atoms with E-state index in [1.807, 2.05) is 24.3 Å². The Bertz CT molecular complexity index is 3370. The van der Waals surface area contributed by atoms with Gasteiger partial charge in [-0.2, -0.15) is 0 Å². The van der Waals surface area contributed by atoms with E-state index < -0.39 is 23.3 Å². The van der Waals surface area contributed by atoms with Gasteiger partial charge >= 0.3 is 0 Å². The molecular formula is C64H62F4N8. The lowest BCUT2D eigenvalue weighted by atomic mass is 9.80. The molecule has 0 amide bonds. The average molecular weight is 1020 g/mol. The number of hydrogen-bond donors (Lipinski definition) is 2. The van der Waals surface area contributed by atoms with E-state index in [2.05, 4.69) is 9.97 Å². The molecule has 2 aliphatic heterocycles. The summed E-state index contributed by atoms with van der Waals surface area (Å²) < 4.78 is 67.3. The molecule has 6 aliphatic rings. The first-order valence-electron chi connectivity index (χ1n) is 28.2. The van der Waals surface area contributed by atoms with Crippen LogP contribution in [0.5, 0.6) is 0 Å². The predicted molar refractivity (Wildman–Crippen MR) is 292 cm³/mol. The third-order valence-electron chi connectivity index (χ3n) is 17.4. The summed E-state index contributed by atoms with van der Waals surface area (Å²) in [6.07, 6.45) is 19.0. The van der Waals surface area contributed by atoms with E-state index >= 15 is 17.6 Å². The van der Waals surface area contributed by atoms with Gasteiger partial charge in [0.1, 0.15) is 45.9 Å². The lowest BCUT2D eigenvalue weighted by Crippen LogP contribution is -2.10. The summed E-state index contributed by atoms with van der Waals surface area (Å²) in [5.74, 6) is -0.420. The van der Waals surface area contributed by atoms with Gasteiger partial charge < -0.3 is 9.97 Å².